The quantitative estimate of drug-likeness (QED) is 0.632. The van der Waals surface area contributed by atoms with Crippen LogP contribution < -0.4 is 10.6 Å². The molecule has 0 radical (unpaired) electrons. The van der Waals surface area contributed by atoms with Gasteiger partial charge < -0.3 is 20.5 Å². The molecule has 5 heteroatoms. The number of ether oxygens (including phenoxy) is 1. The normalized spacial score (nSPS) is 10.3. The number of carbonyl (C=O) groups excluding carboxylic acids is 1. The fourth-order valence-electron chi connectivity index (χ4n) is 1.82. The first-order valence-electron chi connectivity index (χ1n) is 6.90. The van der Waals surface area contributed by atoms with Gasteiger partial charge in [-0.15, -0.1) is 0 Å². The maximum atomic E-state index is 11.6. The largest absolute Gasteiger partial charge is 0.394 e. The number of aliphatic hydroxyl groups is 1. The third-order valence-corrected chi connectivity index (χ3v) is 2.92. The summed E-state index contributed by atoms with van der Waals surface area (Å²) < 4.78 is 5.10. The molecule has 2 amide bonds. The lowest BCUT2D eigenvalue weighted by Gasteiger charge is -2.10. The summed E-state index contributed by atoms with van der Waals surface area (Å²) in [5.74, 6) is 0. The summed E-state index contributed by atoms with van der Waals surface area (Å²) in [4.78, 5) is 11.6. The van der Waals surface area contributed by atoms with Gasteiger partial charge in [-0.3, -0.25) is 0 Å². The van der Waals surface area contributed by atoms with Gasteiger partial charge in [0.1, 0.15) is 0 Å². The van der Waals surface area contributed by atoms with E-state index in [1.807, 2.05) is 19.1 Å². The molecule has 0 aliphatic carbocycles. The predicted molar refractivity (Wildman–Crippen MR) is 78.7 cm³/mol. The first-order chi connectivity index (χ1) is 9.63. The minimum Gasteiger partial charge on any atom is -0.394 e. The molecule has 5 nitrogen and oxygen atoms in total. The van der Waals surface area contributed by atoms with E-state index in [1.165, 1.54) is 11.1 Å². The Bertz CT molecular complexity index is 422. The zero-order chi connectivity index (χ0) is 14.8. The second-order valence-corrected chi connectivity index (χ2v) is 4.73. The maximum absolute atomic E-state index is 11.6. The molecule has 0 saturated heterocycles. The van der Waals surface area contributed by atoms with E-state index in [0.29, 0.717) is 26.3 Å². The minimum absolute atomic E-state index is 0.0316. The van der Waals surface area contributed by atoms with Crippen molar-refractivity contribution < 1.29 is 14.6 Å². The summed E-state index contributed by atoms with van der Waals surface area (Å²) in [6.45, 7) is 6.10. The Labute approximate surface area is 120 Å². The molecule has 0 spiro atoms. The van der Waals surface area contributed by atoms with E-state index in [0.717, 1.165) is 12.0 Å². The van der Waals surface area contributed by atoms with Crippen LogP contribution in [0.15, 0.2) is 18.2 Å². The number of urea groups is 1. The summed E-state index contributed by atoms with van der Waals surface area (Å²) in [5.41, 5.74) is 3.53. The molecule has 0 aliphatic heterocycles. The van der Waals surface area contributed by atoms with E-state index in [1.54, 1.807) is 0 Å². The number of hydrogen-bond acceptors (Lipinski definition) is 3. The molecule has 1 aromatic carbocycles. The molecule has 1 rings (SSSR count). The van der Waals surface area contributed by atoms with Crippen LogP contribution in [0.4, 0.5) is 4.79 Å². The van der Waals surface area contributed by atoms with Gasteiger partial charge in [-0.1, -0.05) is 23.8 Å². The lowest BCUT2D eigenvalue weighted by Crippen LogP contribution is -2.36. The molecular weight excluding hydrogens is 256 g/mol. The summed E-state index contributed by atoms with van der Waals surface area (Å²) in [6.07, 6.45) is 0.733. The van der Waals surface area contributed by atoms with Gasteiger partial charge in [0.25, 0.3) is 0 Å². The molecule has 0 unspecified atom stereocenters. The van der Waals surface area contributed by atoms with Gasteiger partial charge >= 0.3 is 6.03 Å². The topological polar surface area (TPSA) is 70.6 Å². The zero-order valence-corrected chi connectivity index (χ0v) is 12.2. The van der Waals surface area contributed by atoms with Gasteiger partial charge in [0.15, 0.2) is 0 Å². The molecule has 0 aromatic heterocycles. The number of carbonyl (C=O) groups is 1. The average Bonchev–Trinajstić information content (AvgIpc) is 2.41. The van der Waals surface area contributed by atoms with Crippen molar-refractivity contribution in [1.29, 1.82) is 0 Å². The molecule has 112 valence electrons. The Balaban J connectivity index is 2.16. The Kier molecular flexibility index (Phi) is 7.69. The highest BCUT2D eigenvalue weighted by Gasteiger charge is 2.02. The molecule has 0 saturated carbocycles. The maximum Gasteiger partial charge on any atom is 0.315 e. The van der Waals surface area contributed by atoms with Crippen LogP contribution >= 0.6 is 0 Å². The van der Waals surface area contributed by atoms with Crippen LogP contribution in [0.5, 0.6) is 0 Å². The second kappa shape index (κ2) is 9.34. The van der Waals surface area contributed by atoms with Gasteiger partial charge in [0.05, 0.1) is 13.2 Å². The number of amides is 2. The third kappa shape index (κ3) is 6.54. The summed E-state index contributed by atoms with van der Waals surface area (Å²) >= 11 is 0. The van der Waals surface area contributed by atoms with Crippen molar-refractivity contribution in [1.82, 2.24) is 10.6 Å². The van der Waals surface area contributed by atoms with E-state index < -0.39 is 0 Å². The predicted octanol–water partition coefficient (Wildman–Crippen LogP) is 1.50. The van der Waals surface area contributed by atoms with Crippen molar-refractivity contribution in [3.63, 3.8) is 0 Å². The minimum atomic E-state index is -0.174. The van der Waals surface area contributed by atoms with Gasteiger partial charge in [-0.25, -0.2) is 4.79 Å². The molecule has 3 N–H and O–H groups in total. The van der Waals surface area contributed by atoms with Crippen molar-refractivity contribution in [3.8, 4) is 0 Å². The van der Waals surface area contributed by atoms with Gasteiger partial charge in [-0.2, -0.15) is 0 Å². The highest BCUT2D eigenvalue weighted by molar-refractivity contribution is 5.73. The fourth-order valence-corrected chi connectivity index (χ4v) is 1.82. The van der Waals surface area contributed by atoms with Crippen molar-refractivity contribution in [2.24, 2.45) is 0 Å². The van der Waals surface area contributed by atoms with Crippen molar-refractivity contribution >= 4 is 6.03 Å². The molecule has 1 aromatic rings. The van der Waals surface area contributed by atoms with Crippen LogP contribution in [0.1, 0.15) is 23.1 Å². The van der Waals surface area contributed by atoms with Crippen LogP contribution in [0.25, 0.3) is 0 Å². The number of nitrogens with one attached hydrogen (secondary N) is 2. The highest BCUT2D eigenvalue weighted by Crippen LogP contribution is 2.09. The van der Waals surface area contributed by atoms with E-state index in [9.17, 15) is 4.79 Å². The first kappa shape index (κ1) is 16.5. The Morgan fingerprint density at radius 1 is 1.25 bits per heavy atom. The molecule has 20 heavy (non-hydrogen) atoms. The SMILES string of the molecule is Cc1ccc(CNC(=O)NCCCOCCO)c(C)c1. The number of aliphatic hydroxyl groups excluding tert-OH is 1. The lowest BCUT2D eigenvalue weighted by molar-refractivity contribution is 0.0910. The van der Waals surface area contributed by atoms with Crippen molar-refractivity contribution in [2.75, 3.05) is 26.4 Å². The van der Waals surface area contributed by atoms with Crippen LogP contribution in [-0.2, 0) is 11.3 Å². The van der Waals surface area contributed by atoms with Crippen LogP contribution in [0, 0.1) is 13.8 Å². The zero-order valence-electron chi connectivity index (χ0n) is 12.2. The van der Waals surface area contributed by atoms with Crippen molar-refractivity contribution in [2.45, 2.75) is 26.8 Å². The molecular formula is C15H24N2O3. The summed E-state index contributed by atoms with van der Waals surface area (Å²) in [5, 5.41) is 14.1. The fraction of sp³-hybridized carbons (Fsp3) is 0.533. The van der Waals surface area contributed by atoms with Gasteiger partial charge in [0, 0.05) is 19.7 Å². The summed E-state index contributed by atoms with van der Waals surface area (Å²) in [7, 11) is 0. The summed E-state index contributed by atoms with van der Waals surface area (Å²) in [6, 6.07) is 6.01. The molecule has 0 heterocycles. The standard InChI is InChI=1S/C15H24N2O3/c1-12-4-5-14(13(2)10-12)11-17-15(19)16-6-3-8-20-9-7-18/h4-5,10,18H,3,6-9,11H2,1-2H3,(H2,16,17,19). The smallest absolute Gasteiger partial charge is 0.315 e. The van der Waals surface area contributed by atoms with Gasteiger partial charge in [-0.05, 0) is 31.4 Å². The molecule has 0 atom stereocenters. The Morgan fingerprint density at radius 2 is 2.05 bits per heavy atom. The van der Waals surface area contributed by atoms with E-state index >= 15 is 0 Å². The highest BCUT2D eigenvalue weighted by atomic mass is 16.5. The molecule has 0 fully saturated rings. The number of benzene rings is 1. The second-order valence-electron chi connectivity index (χ2n) is 4.73. The first-order valence-corrected chi connectivity index (χ1v) is 6.90. The average molecular weight is 280 g/mol. The number of hydrogen-bond donors (Lipinski definition) is 3. The Hall–Kier alpha value is -1.59. The van der Waals surface area contributed by atoms with E-state index in [4.69, 9.17) is 9.84 Å². The monoisotopic (exact) mass is 280 g/mol. The van der Waals surface area contributed by atoms with E-state index in [-0.39, 0.29) is 12.6 Å². The van der Waals surface area contributed by atoms with Crippen LogP contribution in [0.2, 0.25) is 0 Å². The van der Waals surface area contributed by atoms with Gasteiger partial charge in [0.2, 0.25) is 0 Å². The van der Waals surface area contributed by atoms with Crippen LogP contribution in [-0.4, -0.2) is 37.5 Å². The van der Waals surface area contributed by atoms with E-state index in [2.05, 4.69) is 23.6 Å². The Morgan fingerprint density at radius 3 is 2.75 bits per heavy atom. The van der Waals surface area contributed by atoms with Crippen LogP contribution in [0.3, 0.4) is 0 Å². The number of rotatable bonds is 8. The third-order valence-electron chi connectivity index (χ3n) is 2.92. The van der Waals surface area contributed by atoms with Crippen molar-refractivity contribution in [3.05, 3.63) is 34.9 Å². The molecule has 0 bridgehead atoms. The lowest BCUT2D eigenvalue weighted by atomic mass is 10.1. The number of aryl methyl sites for hydroxylation is 2. The molecule has 0 aliphatic rings.